The van der Waals surface area contributed by atoms with Crippen LogP contribution in [0.25, 0.3) is 0 Å². The number of carbonyl (C=O) groups excluding carboxylic acids is 2. The number of hydrogen-bond acceptors (Lipinski definition) is 9. The highest BCUT2D eigenvalue weighted by molar-refractivity contribution is 7.54. The molecule has 182 valence electrons. The van der Waals surface area contributed by atoms with Crippen LogP contribution in [-0.4, -0.2) is 51.6 Å². The minimum atomic E-state index is -3.23. The third-order valence-electron chi connectivity index (χ3n) is 5.60. The van der Waals surface area contributed by atoms with Crippen LogP contribution in [0.2, 0.25) is 0 Å². The first-order valence-electron chi connectivity index (χ1n) is 10.3. The van der Waals surface area contributed by atoms with Gasteiger partial charge in [-0.3, -0.25) is 9.36 Å². The fourth-order valence-electron chi connectivity index (χ4n) is 3.69. The number of phenolic OH excluding ortho intramolecular Hbond substituents is 1. The summed E-state index contributed by atoms with van der Waals surface area (Å²) in [6, 6.07) is 0. The summed E-state index contributed by atoms with van der Waals surface area (Å²) in [5, 5.41) is 10.7. The summed E-state index contributed by atoms with van der Waals surface area (Å²) in [5.41, 5.74) is 2.86. The van der Waals surface area contributed by atoms with Crippen LogP contribution >= 0.6 is 7.60 Å². The number of phenols is 1. The second kappa shape index (κ2) is 11.5. The predicted octanol–water partition coefficient (Wildman–Crippen LogP) is 4.09. The molecule has 0 spiro atoms. The van der Waals surface area contributed by atoms with Crippen molar-refractivity contribution in [3.63, 3.8) is 0 Å². The molecule has 33 heavy (non-hydrogen) atoms. The zero-order chi connectivity index (χ0) is 24.8. The van der Waals surface area contributed by atoms with Crippen LogP contribution in [-0.2, 0) is 40.9 Å². The van der Waals surface area contributed by atoms with E-state index in [1.54, 1.807) is 12.2 Å². The van der Waals surface area contributed by atoms with Gasteiger partial charge < -0.3 is 28.4 Å². The zero-order valence-electron chi connectivity index (χ0n) is 19.8. The van der Waals surface area contributed by atoms with E-state index < -0.39 is 25.5 Å². The highest BCUT2D eigenvalue weighted by Gasteiger charge is 2.32. The Labute approximate surface area is 193 Å². The molecule has 0 amide bonds. The normalized spacial score (nSPS) is 14.8. The lowest BCUT2D eigenvalue weighted by Gasteiger charge is -2.16. The first-order valence-corrected chi connectivity index (χ1v) is 12.0. The van der Waals surface area contributed by atoms with Gasteiger partial charge >= 0.3 is 19.5 Å². The number of rotatable bonds is 11. The van der Waals surface area contributed by atoms with Gasteiger partial charge in [-0.1, -0.05) is 23.8 Å². The van der Waals surface area contributed by atoms with E-state index in [0.29, 0.717) is 23.3 Å². The molecule has 1 N–H and O–H groups in total. The van der Waals surface area contributed by atoms with Crippen LogP contribution in [0.1, 0.15) is 40.4 Å². The molecule has 0 saturated carbocycles. The van der Waals surface area contributed by atoms with E-state index in [1.807, 2.05) is 19.9 Å². The minimum absolute atomic E-state index is 0.0197. The number of carbonyl (C=O) groups is 2. The fourth-order valence-corrected chi connectivity index (χ4v) is 4.52. The second-order valence-corrected chi connectivity index (χ2v) is 9.91. The molecule has 1 aliphatic heterocycles. The van der Waals surface area contributed by atoms with E-state index in [0.717, 1.165) is 11.1 Å². The van der Waals surface area contributed by atoms with Gasteiger partial charge in [-0.15, -0.1) is 0 Å². The molecule has 0 radical (unpaired) electrons. The Hall–Kier alpha value is -2.61. The Kier molecular flexibility index (Phi) is 9.28. The van der Waals surface area contributed by atoms with E-state index >= 15 is 0 Å². The standard InChI is InChI=1S/C23H31O9P/c1-14(12-16(22(25)29-4)8-7-11-33(27,30-5)31-6)9-10-17-20(24)19-18(13-32-23(19)26)15(2)21(17)28-3/h7-9,16,24H,10-13H2,1-6H3/b8-7+,14-9+. The van der Waals surface area contributed by atoms with Crippen molar-refractivity contribution in [2.45, 2.75) is 33.3 Å². The monoisotopic (exact) mass is 482 g/mol. The number of aromatic hydroxyl groups is 1. The molecule has 10 heteroatoms. The molecule has 0 saturated heterocycles. The first-order chi connectivity index (χ1) is 15.6. The maximum atomic E-state index is 12.2. The quantitative estimate of drug-likeness (QED) is 0.283. The van der Waals surface area contributed by atoms with Gasteiger partial charge in [-0.2, -0.15) is 0 Å². The molecule has 1 aromatic carbocycles. The maximum absolute atomic E-state index is 12.2. The molecule has 0 fully saturated rings. The number of esters is 2. The Balaban J connectivity index is 2.25. The van der Waals surface area contributed by atoms with Gasteiger partial charge in [0.05, 0.1) is 26.3 Å². The van der Waals surface area contributed by atoms with Crippen molar-refractivity contribution in [1.29, 1.82) is 0 Å². The minimum Gasteiger partial charge on any atom is -0.507 e. The van der Waals surface area contributed by atoms with Gasteiger partial charge in [-0.05, 0) is 32.3 Å². The molecule has 1 atom stereocenters. The Morgan fingerprint density at radius 1 is 1.24 bits per heavy atom. The van der Waals surface area contributed by atoms with E-state index in [1.165, 1.54) is 28.4 Å². The van der Waals surface area contributed by atoms with Crippen LogP contribution < -0.4 is 4.74 Å². The summed E-state index contributed by atoms with van der Waals surface area (Å²) >= 11 is 0. The molecule has 9 nitrogen and oxygen atoms in total. The first kappa shape index (κ1) is 26.6. The average Bonchev–Trinajstić information content (AvgIpc) is 3.20. The predicted molar refractivity (Wildman–Crippen MR) is 122 cm³/mol. The molecular formula is C23H31O9P. The van der Waals surface area contributed by atoms with E-state index in [2.05, 4.69) is 0 Å². The molecule has 0 bridgehead atoms. The number of ether oxygens (including phenoxy) is 3. The Bertz CT molecular complexity index is 1000. The van der Waals surface area contributed by atoms with Gasteiger partial charge in [0, 0.05) is 25.3 Å². The van der Waals surface area contributed by atoms with Gasteiger partial charge in [-0.25, -0.2) is 4.79 Å². The van der Waals surface area contributed by atoms with Crippen molar-refractivity contribution >= 4 is 19.5 Å². The summed E-state index contributed by atoms with van der Waals surface area (Å²) < 4.78 is 37.4. The van der Waals surface area contributed by atoms with Gasteiger partial charge in [0.2, 0.25) is 0 Å². The van der Waals surface area contributed by atoms with Crippen LogP contribution in [0.4, 0.5) is 0 Å². The third kappa shape index (κ3) is 6.05. The van der Waals surface area contributed by atoms with Crippen molar-refractivity contribution < 1.29 is 42.5 Å². The molecule has 1 aliphatic rings. The molecule has 0 aliphatic carbocycles. The average molecular weight is 482 g/mol. The van der Waals surface area contributed by atoms with Crippen molar-refractivity contribution in [3.8, 4) is 11.5 Å². The SMILES string of the molecule is COC(=O)C(/C=C/CP(=O)(OC)OC)C/C(C)=C/Cc1c(O)c2c(c(C)c1OC)COC2=O. The van der Waals surface area contributed by atoms with Crippen molar-refractivity contribution in [2.75, 3.05) is 34.6 Å². The van der Waals surface area contributed by atoms with Crippen molar-refractivity contribution in [1.82, 2.24) is 0 Å². The lowest BCUT2D eigenvalue weighted by Crippen LogP contribution is -2.14. The fraction of sp³-hybridized carbons (Fsp3) is 0.478. The van der Waals surface area contributed by atoms with Crippen LogP contribution in [0, 0.1) is 12.8 Å². The maximum Gasteiger partial charge on any atom is 0.342 e. The lowest BCUT2D eigenvalue weighted by atomic mass is 9.93. The molecule has 1 unspecified atom stereocenters. The number of cyclic esters (lactones) is 1. The van der Waals surface area contributed by atoms with Crippen LogP contribution in [0.5, 0.6) is 11.5 Å². The van der Waals surface area contributed by atoms with Crippen molar-refractivity contribution in [2.24, 2.45) is 5.92 Å². The summed E-state index contributed by atoms with van der Waals surface area (Å²) in [4.78, 5) is 24.3. The number of allylic oxidation sites excluding steroid dienone is 3. The number of hydrogen-bond donors (Lipinski definition) is 1. The van der Waals surface area contributed by atoms with Crippen LogP contribution in [0.15, 0.2) is 23.8 Å². The summed E-state index contributed by atoms with van der Waals surface area (Å²) in [7, 11) is 2.17. The van der Waals surface area contributed by atoms with E-state index in [9.17, 15) is 19.3 Å². The summed E-state index contributed by atoms with van der Waals surface area (Å²) in [6.45, 7) is 3.76. The Morgan fingerprint density at radius 2 is 1.91 bits per heavy atom. The lowest BCUT2D eigenvalue weighted by molar-refractivity contribution is -0.143. The highest BCUT2D eigenvalue weighted by atomic mass is 31.2. The summed E-state index contributed by atoms with van der Waals surface area (Å²) in [5.74, 6) is -1.28. The van der Waals surface area contributed by atoms with Gasteiger partial charge in [0.15, 0.2) is 0 Å². The molecule has 2 rings (SSSR count). The highest BCUT2D eigenvalue weighted by Crippen LogP contribution is 2.46. The van der Waals surface area contributed by atoms with Crippen LogP contribution in [0.3, 0.4) is 0 Å². The Morgan fingerprint density at radius 3 is 2.48 bits per heavy atom. The number of methoxy groups -OCH3 is 2. The molecule has 1 heterocycles. The van der Waals surface area contributed by atoms with Crippen molar-refractivity contribution in [3.05, 3.63) is 46.1 Å². The van der Waals surface area contributed by atoms with E-state index in [4.69, 9.17) is 23.3 Å². The number of benzene rings is 1. The molecule has 1 aromatic rings. The topological polar surface area (TPSA) is 118 Å². The van der Waals surface area contributed by atoms with E-state index in [-0.39, 0.29) is 30.5 Å². The molecular weight excluding hydrogens is 451 g/mol. The zero-order valence-corrected chi connectivity index (χ0v) is 20.7. The number of fused-ring (bicyclic) bond motifs is 1. The largest absolute Gasteiger partial charge is 0.507 e. The summed E-state index contributed by atoms with van der Waals surface area (Å²) in [6.07, 6.45) is 5.67. The van der Waals surface area contributed by atoms with Gasteiger partial charge in [0.25, 0.3) is 0 Å². The third-order valence-corrected chi connectivity index (χ3v) is 7.37. The molecule has 0 aromatic heterocycles. The van der Waals surface area contributed by atoms with Gasteiger partial charge in [0.1, 0.15) is 23.7 Å². The smallest absolute Gasteiger partial charge is 0.342 e. The second-order valence-electron chi connectivity index (χ2n) is 7.59.